The van der Waals surface area contributed by atoms with Crippen molar-refractivity contribution in [3.05, 3.63) is 42.1 Å². The van der Waals surface area contributed by atoms with Crippen LogP contribution in [-0.2, 0) is 9.59 Å². The maximum Gasteiger partial charge on any atom is 0.326 e. The average Bonchev–Trinajstić information content (AvgIpc) is 2.75. The number of carboxylic acids is 2. The number of nitrogen functional groups attached to an aromatic ring is 2. The molecule has 0 unspecified atom stereocenters. The molecule has 2 aromatic heterocycles. The second-order valence-electron chi connectivity index (χ2n) is 6.93. The summed E-state index contributed by atoms with van der Waals surface area (Å²) in [6.07, 6.45) is 1.00. The molecule has 0 aliphatic carbocycles. The molecule has 0 saturated heterocycles. The highest BCUT2D eigenvalue weighted by Crippen LogP contribution is 2.27. The minimum absolute atomic E-state index is 0.0329. The molecule has 3 aromatic rings. The van der Waals surface area contributed by atoms with E-state index in [-0.39, 0.29) is 30.2 Å². The number of fused-ring (bicyclic) bond motifs is 1. The van der Waals surface area contributed by atoms with Crippen molar-refractivity contribution in [1.82, 2.24) is 20.3 Å². The third-order valence-corrected chi connectivity index (χ3v) is 4.74. The van der Waals surface area contributed by atoms with Gasteiger partial charge in [0.05, 0.1) is 17.3 Å². The summed E-state index contributed by atoms with van der Waals surface area (Å²) in [6, 6.07) is 6.88. The molecule has 1 aromatic carbocycles. The lowest BCUT2D eigenvalue weighted by Crippen LogP contribution is -2.41. The second-order valence-corrected chi connectivity index (χ2v) is 6.93. The van der Waals surface area contributed by atoms with E-state index in [2.05, 4.69) is 20.3 Å². The number of hydrogen-bond donors (Lipinski definition) is 5. The number of benzene rings is 1. The Labute approximate surface area is 181 Å². The summed E-state index contributed by atoms with van der Waals surface area (Å²) < 4.78 is 0. The number of hydrogen-bond acceptors (Lipinski definition) is 9. The molecular formula is C20H21N7O5. The van der Waals surface area contributed by atoms with Gasteiger partial charge in [0.25, 0.3) is 5.91 Å². The molecule has 0 aliphatic rings. The summed E-state index contributed by atoms with van der Waals surface area (Å²) >= 11 is 0. The molecule has 32 heavy (non-hydrogen) atoms. The molecular weight excluding hydrogens is 418 g/mol. The first-order chi connectivity index (χ1) is 15.2. The third-order valence-electron chi connectivity index (χ3n) is 4.74. The molecule has 0 aliphatic heterocycles. The smallest absolute Gasteiger partial charge is 0.326 e. The predicted octanol–water partition coefficient (Wildman–Crippen LogP) is 1.00. The fourth-order valence-corrected chi connectivity index (χ4v) is 2.98. The van der Waals surface area contributed by atoms with Gasteiger partial charge in [-0.25, -0.2) is 9.78 Å². The van der Waals surface area contributed by atoms with Crippen LogP contribution in [0.3, 0.4) is 0 Å². The monoisotopic (exact) mass is 439 g/mol. The lowest BCUT2D eigenvalue weighted by molar-refractivity contribution is -0.140. The number of aromatic nitrogens is 3. The van der Waals surface area contributed by atoms with E-state index in [0.717, 1.165) is 5.69 Å². The number of carboxylic acid groups (broad SMARTS) is 2. The molecule has 166 valence electrons. The zero-order valence-corrected chi connectivity index (χ0v) is 17.0. The average molecular weight is 439 g/mol. The van der Waals surface area contributed by atoms with Gasteiger partial charge in [-0.2, -0.15) is 9.97 Å². The van der Waals surface area contributed by atoms with E-state index in [1.807, 2.05) is 0 Å². The normalized spacial score (nSPS) is 11.7. The maximum atomic E-state index is 12.4. The van der Waals surface area contributed by atoms with Crippen molar-refractivity contribution in [2.75, 3.05) is 23.4 Å². The minimum atomic E-state index is -1.30. The Bertz CT molecular complexity index is 1180. The minimum Gasteiger partial charge on any atom is -0.481 e. The number of rotatable bonds is 8. The maximum absolute atomic E-state index is 12.4. The highest BCUT2D eigenvalue weighted by Gasteiger charge is 2.21. The zero-order chi connectivity index (χ0) is 23.4. The van der Waals surface area contributed by atoms with E-state index in [0.29, 0.717) is 16.7 Å². The van der Waals surface area contributed by atoms with Gasteiger partial charge in [0.1, 0.15) is 11.9 Å². The summed E-state index contributed by atoms with van der Waals surface area (Å²) in [5.41, 5.74) is 13.5. The molecule has 0 saturated carbocycles. The Hall–Kier alpha value is -4.48. The van der Waals surface area contributed by atoms with Crippen molar-refractivity contribution in [3.8, 4) is 0 Å². The SMILES string of the molecule is CN(c1ccc(C(=O)N[C@@H](CCC(=O)O)C(=O)O)cc1)c1cnc2nc(N)nc(N)c2c1. The van der Waals surface area contributed by atoms with Crippen molar-refractivity contribution in [1.29, 1.82) is 0 Å². The van der Waals surface area contributed by atoms with E-state index in [4.69, 9.17) is 16.6 Å². The van der Waals surface area contributed by atoms with Crippen molar-refractivity contribution < 1.29 is 24.6 Å². The van der Waals surface area contributed by atoms with Gasteiger partial charge in [-0.3, -0.25) is 9.59 Å². The van der Waals surface area contributed by atoms with Gasteiger partial charge in [0.15, 0.2) is 5.65 Å². The molecule has 0 bridgehead atoms. The standard InChI is InChI=1S/C20H21N7O5/c1-27(12-8-13-16(21)25-20(22)26-17(13)23-9-12)11-4-2-10(3-5-11)18(30)24-14(19(31)32)6-7-15(28)29/h2-5,8-9,14H,6-7H2,1H3,(H,24,30)(H,28,29)(H,31,32)(H4,21,22,23,25,26)/t14-/m0/s1. The van der Waals surface area contributed by atoms with E-state index >= 15 is 0 Å². The number of pyridine rings is 1. The number of carbonyl (C=O) groups is 3. The van der Waals surface area contributed by atoms with Crippen LogP contribution in [0.15, 0.2) is 36.5 Å². The fraction of sp³-hybridized carbons (Fsp3) is 0.200. The summed E-state index contributed by atoms with van der Waals surface area (Å²) in [4.78, 5) is 48.4. The molecule has 3 rings (SSSR count). The van der Waals surface area contributed by atoms with E-state index in [1.54, 1.807) is 36.3 Å². The van der Waals surface area contributed by atoms with Crippen LogP contribution in [0.4, 0.5) is 23.1 Å². The number of nitrogens with two attached hydrogens (primary N) is 2. The number of amides is 1. The first-order valence-electron chi connectivity index (χ1n) is 9.43. The Balaban J connectivity index is 1.76. The first-order valence-corrected chi connectivity index (χ1v) is 9.43. The lowest BCUT2D eigenvalue weighted by Gasteiger charge is -2.20. The van der Waals surface area contributed by atoms with Gasteiger partial charge in [-0.05, 0) is 36.8 Å². The molecule has 1 atom stereocenters. The van der Waals surface area contributed by atoms with Gasteiger partial charge in [0, 0.05) is 24.7 Å². The molecule has 12 heteroatoms. The van der Waals surface area contributed by atoms with Gasteiger partial charge in [-0.1, -0.05) is 0 Å². The molecule has 12 nitrogen and oxygen atoms in total. The Morgan fingerprint density at radius 1 is 1.09 bits per heavy atom. The Kier molecular flexibility index (Phi) is 6.33. The number of anilines is 4. The van der Waals surface area contributed by atoms with Gasteiger partial charge >= 0.3 is 11.9 Å². The number of carbonyl (C=O) groups excluding carboxylic acids is 1. The molecule has 0 spiro atoms. The molecule has 0 fully saturated rings. The van der Waals surface area contributed by atoms with Crippen LogP contribution in [0.25, 0.3) is 11.0 Å². The topological polar surface area (TPSA) is 198 Å². The van der Waals surface area contributed by atoms with E-state index < -0.39 is 23.9 Å². The van der Waals surface area contributed by atoms with E-state index in [9.17, 15) is 19.5 Å². The van der Waals surface area contributed by atoms with Gasteiger partial charge < -0.3 is 31.9 Å². The number of aliphatic carboxylic acids is 2. The highest BCUT2D eigenvalue weighted by atomic mass is 16.4. The van der Waals surface area contributed by atoms with Crippen molar-refractivity contribution in [3.63, 3.8) is 0 Å². The first kappa shape index (κ1) is 22.2. The van der Waals surface area contributed by atoms with Crippen LogP contribution in [0.2, 0.25) is 0 Å². The Morgan fingerprint density at radius 3 is 2.41 bits per heavy atom. The molecule has 7 N–H and O–H groups in total. The van der Waals surface area contributed by atoms with Gasteiger partial charge in [-0.15, -0.1) is 0 Å². The highest BCUT2D eigenvalue weighted by molar-refractivity contribution is 5.97. The summed E-state index contributed by atoms with van der Waals surface area (Å²) in [5, 5.41) is 20.8. The second kappa shape index (κ2) is 9.12. The number of nitrogens with one attached hydrogen (secondary N) is 1. The number of nitrogens with zero attached hydrogens (tertiary/aromatic N) is 4. The zero-order valence-electron chi connectivity index (χ0n) is 17.0. The van der Waals surface area contributed by atoms with Gasteiger partial charge in [0.2, 0.25) is 5.95 Å². The molecule has 2 heterocycles. The fourth-order valence-electron chi connectivity index (χ4n) is 2.98. The molecule has 0 radical (unpaired) electrons. The van der Waals surface area contributed by atoms with Crippen LogP contribution in [0.1, 0.15) is 23.2 Å². The van der Waals surface area contributed by atoms with E-state index in [1.165, 1.54) is 12.1 Å². The summed E-state index contributed by atoms with van der Waals surface area (Å²) in [6.45, 7) is 0. The largest absolute Gasteiger partial charge is 0.481 e. The van der Waals surface area contributed by atoms with Crippen LogP contribution in [-0.4, -0.2) is 56.1 Å². The van der Waals surface area contributed by atoms with Crippen LogP contribution in [0, 0.1) is 0 Å². The predicted molar refractivity (Wildman–Crippen MR) is 116 cm³/mol. The quantitative estimate of drug-likeness (QED) is 0.335. The van der Waals surface area contributed by atoms with Crippen LogP contribution < -0.4 is 21.7 Å². The molecule has 1 amide bonds. The lowest BCUT2D eigenvalue weighted by atomic mass is 10.1. The van der Waals surface area contributed by atoms with Crippen LogP contribution >= 0.6 is 0 Å². The van der Waals surface area contributed by atoms with Crippen LogP contribution in [0.5, 0.6) is 0 Å². The Morgan fingerprint density at radius 2 is 1.78 bits per heavy atom. The van der Waals surface area contributed by atoms with Crippen molar-refractivity contribution in [2.24, 2.45) is 0 Å². The van der Waals surface area contributed by atoms with Crippen molar-refractivity contribution >= 4 is 52.0 Å². The third kappa shape index (κ3) is 4.98. The summed E-state index contributed by atoms with van der Waals surface area (Å²) in [5.74, 6) is -2.82. The summed E-state index contributed by atoms with van der Waals surface area (Å²) in [7, 11) is 1.79. The van der Waals surface area contributed by atoms with Crippen molar-refractivity contribution in [2.45, 2.75) is 18.9 Å².